The van der Waals surface area contributed by atoms with Gasteiger partial charge < -0.3 is 20.1 Å². The molecule has 0 spiro atoms. The van der Waals surface area contributed by atoms with Crippen molar-refractivity contribution < 1.29 is 4.39 Å². The van der Waals surface area contributed by atoms with Crippen LogP contribution in [0, 0.1) is 12.7 Å². The average Bonchev–Trinajstić information content (AvgIpc) is 3.22. The molecule has 2 aromatic heterocycles. The number of nitrogens with one attached hydrogen (secondary N) is 2. The van der Waals surface area contributed by atoms with Gasteiger partial charge in [0.05, 0.1) is 11.2 Å². The number of allylic oxidation sites excluding steroid dienone is 2. The van der Waals surface area contributed by atoms with Gasteiger partial charge in [-0.1, -0.05) is 13.0 Å². The normalized spacial score (nSPS) is 17.3. The first-order valence-electron chi connectivity index (χ1n) is 12.8. The molecule has 1 aromatic carbocycles. The summed E-state index contributed by atoms with van der Waals surface area (Å²) in [6.07, 6.45) is 5.75. The number of likely N-dealkylation sites (N-methyl/N-ethyl adjacent to an activating group) is 1. The highest BCUT2D eigenvalue weighted by atomic mass is 19.1. The van der Waals surface area contributed by atoms with E-state index in [-0.39, 0.29) is 11.9 Å². The van der Waals surface area contributed by atoms with Gasteiger partial charge in [0, 0.05) is 56.9 Å². The molecule has 1 fully saturated rings. The molecule has 0 unspecified atom stereocenters. The highest BCUT2D eigenvalue weighted by Gasteiger charge is 2.18. The van der Waals surface area contributed by atoms with Crippen molar-refractivity contribution in [1.29, 1.82) is 0 Å². The average molecular weight is 491 g/mol. The maximum atomic E-state index is 14.9. The third kappa shape index (κ3) is 5.12. The predicted octanol–water partition coefficient (Wildman–Crippen LogP) is 3.94. The second kappa shape index (κ2) is 10.4. The summed E-state index contributed by atoms with van der Waals surface area (Å²) in [5.41, 5.74) is 3.89. The van der Waals surface area contributed by atoms with E-state index in [9.17, 15) is 4.39 Å². The van der Waals surface area contributed by atoms with Gasteiger partial charge in [-0.2, -0.15) is 0 Å². The van der Waals surface area contributed by atoms with Crippen molar-refractivity contribution in [3.8, 4) is 11.3 Å². The molecule has 3 aromatic rings. The molecule has 0 atom stereocenters. The summed E-state index contributed by atoms with van der Waals surface area (Å²) in [5.74, 6) is 1.99. The second-order valence-corrected chi connectivity index (χ2v) is 9.83. The van der Waals surface area contributed by atoms with E-state index in [0.29, 0.717) is 22.6 Å². The van der Waals surface area contributed by atoms with Crippen molar-refractivity contribution in [2.24, 2.45) is 0 Å². The van der Waals surface area contributed by atoms with Crippen molar-refractivity contribution in [2.75, 3.05) is 51.1 Å². The van der Waals surface area contributed by atoms with Crippen molar-refractivity contribution >= 4 is 16.9 Å². The number of benzene rings is 1. The van der Waals surface area contributed by atoms with Crippen LogP contribution >= 0.6 is 0 Å². The van der Waals surface area contributed by atoms with E-state index in [1.54, 1.807) is 0 Å². The predicted molar refractivity (Wildman–Crippen MR) is 142 cm³/mol. The summed E-state index contributed by atoms with van der Waals surface area (Å²) < 4.78 is 17.0. The summed E-state index contributed by atoms with van der Waals surface area (Å²) in [6.45, 7) is 15.7. The summed E-state index contributed by atoms with van der Waals surface area (Å²) >= 11 is 0. The third-order valence-electron chi connectivity index (χ3n) is 7.00. The minimum absolute atomic E-state index is 0.176. The second-order valence-electron chi connectivity index (χ2n) is 9.83. The quantitative estimate of drug-likeness (QED) is 0.520. The Morgan fingerprint density at radius 3 is 2.53 bits per heavy atom. The van der Waals surface area contributed by atoms with Crippen LogP contribution in [0.5, 0.6) is 0 Å². The third-order valence-corrected chi connectivity index (χ3v) is 7.00. The van der Waals surface area contributed by atoms with Crippen LogP contribution in [0.1, 0.15) is 32.6 Å². The molecule has 0 saturated carbocycles. The zero-order valence-electron chi connectivity index (χ0n) is 21.6. The Kier molecular flexibility index (Phi) is 7.02. The van der Waals surface area contributed by atoms with E-state index in [4.69, 9.17) is 0 Å². The Bertz CT molecular complexity index is 1300. The van der Waals surface area contributed by atoms with E-state index in [1.807, 2.05) is 23.6 Å². The molecule has 2 N–H and O–H groups in total. The van der Waals surface area contributed by atoms with Gasteiger partial charge >= 0.3 is 0 Å². The zero-order chi connectivity index (χ0) is 25.2. The van der Waals surface area contributed by atoms with Crippen LogP contribution in [0.4, 0.5) is 10.2 Å². The van der Waals surface area contributed by atoms with E-state index >= 15 is 0 Å². The fourth-order valence-electron chi connectivity index (χ4n) is 5.06. The van der Waals surface area contributed by atoms with Crippen molar-refractivity contribution in [3.63, 3.8) is 0 Å². The van der Waals surface area contributed by atoms with Gasteiger partial charge in [-0.05, 0) is 51.1 Å². The Morgan fingerprint density at radius 2 is 1.83 bits per heavy atom. The van der Waals surface area contributed by atoms with Gasteiger partial charge in [0.1, 0.15) is 29.3 Å². The lowest BCUT2D eigenvalue weighted by Gasteiger charge is -2.34. The summed E-state index contributed by atoms with van der Waals surface area (Å²) in [6, 6.07) is 5.48. The van der Waals surface area contributed by atoms with Crippen LogP contribution in [0.2, 0.25) is 0 Å². The fraction of sp³-hybridized carbons (Fsp3) is 0.444. The number of aromatic nitrogens is 4. The first-order chi connectivity index (χ1) is 17.4. The lowest BCUT2D eigenvalue weighted by molar-refractivity contribution is 0.145. The van der Waals surface area contributed by atoms with Crippen LogP contribution in [0.15, 0.2) is 48.1 Å². The molecule has 0 bridgehead atoms. The van der Waals surface area contributed by atoms with Gasteiger partial charge in [0.25, 0.3) is 0 Å². The Hall–Kier alpha value is -3.30. The van der Waals surface area contributed by atoms with Crippen LogP contribution in [0.3, 0.4) is 0 Å². The number of halogens is 1. The molecule has 0 radical (unpaired) electrons. The summed E-state index contributed by atoms with van der Waals surface area (Å²) in [4.78, 5) is 18.2. The molecule has 0 aliphatic carbocycles. The number of imidazole rings is 1. The smallest absolute Gasteiger partial charge is 0.151 e. The van der Waals surface area contributed by atoms with Crippen LogP contribution < -0.4 is 10.6 Å². The molecule has 5 rings (SSSR count). The molecule has 1 saturated heterocycles. The zero-order valence-corrected chi connectivity index (χ0v) is 21.6. The lowest BCUT2D eigenvalue weighted by Crippen LogP contribution is -2.47. The molecular weight excluding hydrogens is 455 g/mol. The van der Waals surface area contributed by atoms with E-state index in [1.165, 1.54) is 18.0 Å². The van der Waals surface area contributed by atoms with Crippen molar-refractivity contribution in [3.05, 3.63) is 59.7 Å². The Morgan fingerprint density at radius 1 is 1.06 bits per heavy atom. The minimum atomic E-state index is -0.344. The Balaban J connectivity index is 1.30. The van der Waals surface area contributed by atoms with Gasteiger partial charge in [-0.15, -0.1) is 0 Å². The first kappa shape index (κ1) is 24.4. The number of anilines is 1. The van der Waals surface area contributed by atoms with E-state index in [2.05, 4.69) is 68.3 Å². The number of hydrogen-bond acceptors (Lipinski definition) is 7. The van der Waals surface area contributed by atoms with Crippen molar-refractivity contribution in [1.82, 2.24) is 34.6 Å². The van der Waals surface area contributed by atoms with E-state index in [0.717, 1.165) is 63.0 Å². The summed E-state index contributed by atoms with van der Waals surface area (Å²) in [7, 11) is 0. The molecular formula is C27H35FN8. The maximum Gasteiger partial charge on any atom is 0.151 e. The van der Waals surface area contributed by atoms with Gasteiger partial charge in [0.2, 0.25) is 0 Å². The molecule has 9 heteroatoms. The first-order valence-corrected chi connectivity index (χ1v) is 12.8. The molecule has 0 amide bonds. The van der Waals surface area contributed by atoms with Gasteiger partial charge in [-0.25, -0.2) is 19.3 Å². The Labute approximate surface area is 211 Å². The number of fused-ring (bicyclic) bond motifs is 1. The molecule has 2 aliphatic rings. The number of piperazine rings is 1. The number of rotatable bonds is 7. The lowest BCUT2D eigenvalue weighted by atomic mass is 10.1. The van der Waals surface area contributed by atoms with Crippen LogP contribution in [0.25, 0.3) is 22.3 Å². The van der Waals surface area contributed by atoms with Gasteiger partial charge in [0.15, 0.2) is 5.82 Å². The molecule has 8 nitrogen and oxygen atoms in total. The topological polar surface area (TPSA) is 74.1 Å². The van der Waals surface area contributed by atoms with Crippen LogP contribution in [-0.4, -0.2) is 75.1 Å². The molecule has 36 heavy (non-hydrogen) atoms. The molecule has 2 aliphatic heterocycles. The number of hydrogen-bond donors (Lipinski definition) is 2. The number of dihydropyridines is 1. The van der Waals surface area contributed by atoms with E-state index < -0.39 is 0 Å². The standard InChI is InChI=1S/C27H35FN8/c1-5-34-8-10-35(11-9-34)16-20-6-7-25(29-15-20)33-26-14-23(30-17-31-26)21-12-22(28)27-24(13-21)36(18(2)3)19(4)32-27/h6-7,12-14,17-18,29H,5,8-11,15-16H2,1-4H3,(H,30,31,33). The fourth-order valence-corrected chi connectivity index (χ4v) is 5.06. The maximum absolute atomic E-state index is 14.9. The summed E-state index contributed by atoms with van der Waals surface area (Å²) in [5, 5.41) is 6.79. The largest absolute Gasteiger partial charge is 0.368 e. The monoisotopic (exact) mass is 490 g/mol. The highest BCUT2D eigenvalue weighted by Crippen LogP contribution is 2.29. The molecule has 4 heterocycles. The van der Waals surface area contributed by atoms with Crippen molar-refractivity contribution in [2.45, 2.75) is 33.7 Å². The van der Waals surface area contributed by atoms with Crippen LogP contribution in [-0.2, 0) is 0 Å². The molecule has 190 valence electrons. The minimum Gasteiger partial charge on any atom is -0.368 e. The SMILES string of the molecule is CCN1CCN(CC2=CC=C(Nc3cc(-c4cc(F)c5nc(C)n(C(C)C)c5c4)ncn3)NC2)CC1. The number of nitrogens with zero attached hydrogens (tertiary/aromatic N) is 6. The highest BCUT2D eigenvalue weighted by molar-refractivity contribution is 5.83. The number of aryl methyl sites for hydroxylation is 1. The van der Waals surface area contributed by atoms with Gasteiger partial charge in [-0.3, -0.25) is 4.90 Å².